The Morgan fingerprint density at radius 3 is 2.11 bits per heavy atom. The van der Waals surface area contributed by atoms with Crippen molar-refractivity contribution < 1.29 is 42.6 Å². The monoisotopic (exact) mass is 1100 g/mol. The van der Waals surface area contributed by atoms with Crippen molar-refractivity contribution in [2.45, 2.75) is 95.8 Å². The number of para-hydroxylation sites is 4. The first-order chi connectivity index (χ1) is 38.6. The fourth-order valence-corrected chi connectivity index (χ4v) is 11.2. The van der Waals surface area contributed by atoms with Crippen molar-refractivity contribution in [3.05, 3.63) is 198 Å². The number of guanidine groups is 1. The molecule has 0 aliphatic carbocycles. The molecule has 0 saturated heterocycles. The van der Waals surface area contributed by atoms with Crippen LogP contribution in [0, 0.1) is 0 Å². The number of alkyl carbamates (subject to hydrolysis) is 1. The molecule has 2 aliphatic rings. The Balaban J connectivity index is 0.771. The lowest BCUT2D eigenvalue weighted by Crippen LogP contribution is -2.38. The van der Waals surface area contributed by atoms with E-state index in [0.717, 1.165) is 25.8 Å². The van der Waals surface area contributed by atoms with Crippen molar-refractivity contribution in [2.75, 3.05) is 31.6 Å². The maximum atomic E-state index is 14.6. The van der Waals surface area contributed by atoms with Crippen LogP contribution in [0.1, 0.15) is 82.2 Å². The summed E-state index contributed by atoms with van der Waals surface area (Å²) in [5.74, 6) is -1.04. The number of aryl methyl sites for hydroxylation is 1. The number of benzene rings is 5. The van der Waals surface area contributed by atoms with E-state index in [1.807, 2.05) is 0 Å². The standard InChI is InChI=1S/C61H71N10O8P/c1-60(2)50-28-17-19-30-52(50)69(5)54(60)32-14-8-15-33-55-61(3,4)51-29-18-20-31-53(51)71(55)40-21-9-16-34-56(72)64-39-41-70-44-47(67-68-70)23-22-42-75-59(73)66-57(43-45-35-37-46(38-36-45)65-58(62)63)80(74,78-76-48-24-10-6-11-25-48)79-77-49-26-12-7-13-27-49/h6-8,10-15,17-20,24-33,35-38,44,57H,9,16,21-23,34,39-43H2,1-5H3,(H5-,62,63,64,65,66,72,73)/p+1. The lowest BCUT2D eigenvalue weighted by Gasteiger charge is -2.27. The average molecular weight is 1100 g/mol. The van der Waals surface area contributed by atoms with Gasteiger partial charge in [0.25, 0.3) is 0 Å². The summed E-state index contributed by atoms with van der Waals surface area (Å²) in [4.78, 5) is 43.7. The number of allylic oxidation sites excluding steroid dienone is 6. The lowest BCUT2D eigenvalue weighted by molar-refractivity contribution is -0.401. The number of carbonyl (C=O) groups is 2. The molecule has 80 heavy (non-hydrogen) atoms. The molecule has 6 N–H and O–H groups in total. The second-order valence-electron chi connectivity index (χ2n) is 20.6. The van der Waals surface area contributed by atoms with Gasteiger partial charge in [-0.3, -0.25) is 14.0 Å². The topological polar surface area (TPSA) is 223 Å². The molecule has 19 heteroatoms. The number of nitrogens with zero attached hydrogens (tertiary/aromatic N) is 6. The predicted octanol–water partition coefficient (Wildman–Crippen LogP) is 10.8. The molecule has 8 rings (SSSR count). The number of nitrogens with two attached hydrogens (primary N) is 2. The largest absolute Gasteiger partial charge is 0.450 e. The molecule has 6 aromatic rings. The molecular weight excluding hydrogens is 1030 g/mol. The van der Waals surface area contributed by atoms with Crippen LogP contribution in [0.25, 0.3) is 0 Å². The van der Waals surface area contributed by atoms with E-state index < -0.39 is 19.5 Å². The van der Waals surface area contributed by atoms with Crippen LogP contribution in [-0.2, 0) is 53.7 Å². The highest BCUT2D eigenvalue weighted by atomic mass is 31.2. The molecule has 5 aromatic carbocycles. The first-order valence-corrected chi connectivity index (χ1v) is 28.5. The number of unbranched alkanes of at least 4 members (excludes halogenated alkanes) is 2. The van der Waals surface area contributed by atoms with Crippen LogP contribution < -0.4 is 36.8 Å². The van der Waals surface area contributed by atoms with Crippen molar-refractivity contribution in [1.29, 1.82) is 0 Å². The third-order valence-electron chi connectivity index (χ3n) is 14.1. The Kier molecular flexibility index (Phi) is 19.6. The van der Waals surface area contributed by atoms with Gasteiger partial charge in [-0.05, 0) is 99.2 Å². The second kappa shape index (κ2) is 27.0. The highest BCUT2D eigenvalue weighted by Gasteiger charge is 2.44. The molecule has 1 aromatic heterocycles. The number of amides is 2. The van der Waals surface area contributed by atoms with Gasteiger partial charge in [-0.15, -0.1) is 5.10 Å². The van der Waals surface area contributed by atoms with Crippen LogP contribution in [0.5, 0.6) is 11.5 Å². The molecule has 1 atom stereocenters. The van der Waals surface area contributed by atoms with Gasteiger partial charge in [-0.1, -0.05) is 138 Å². The summed E-state index contributed by atoms with van der Waals surface area (Å²) in [5, 5.41) is 14.1. The van der Waals surface area contributed by atoms with Crippen LogP contribution in [0.15, 0.2) is 181 Å². The van der Waals surface area contributed by atoms with Crippen LogP contribution in [0.2, 0.25) is 0 Å². The van der Waals surface area contributed by atoms with Crippen LogP contribution in [0.4, 0.5) is 21.9 Å². The van der Waals surface area contributed by atoms with Gasteiger partial charge in [-0.25, -0.2) is 9.79 Å². The summed E-state index contributed by atoms with van der Waals surface area (Å²) >= 11 is 0. The van der Waals surface area contributed by atoms with Gasteiger partial charge in [0, 0.05) is 66.6 Å². The van der Waals surface area contributed by atoms with E-state index in [1.165, 1.54) is 33.9 Å². The van der Waals surface area contributed by atoms with Crippen molar-refractivity contribution in [3.8, 4) is 11.5 Å². The molecular formula is C61H72N10O8P+. The Morgan fingerprint density at radius 1 is 0.762 bits per heavy atom. The number of nitrogens with one attached hydrogen (secondary N) is 2. The van der Waals surface area contributed by atoms with E-state index in [1.54, 1.807) is 95.8 Å². The van der Waals surface area contributed by atoms with Crippen molar-refractivity contribution in [3.63, 3.8) is 0 Å². The third-order valence-corrected chi connectivity index (χ3v) is 15.7. The Labute approximate surface area is 468 Å². The first-order valence-electron chi connectivity index (χ1n) is 26.9. The van der Waals surface area contributed by atoms with E-state index in [4.69, 9.17) is 35.3 Å². The number of rotatable bonds is 27. The first kappa shape index (κ1) is 57.9. The molecule has 0 saturated carbocycles. The highest BCUT2D eigenvalue weighted by molar-refractivity contribution is 7.54. The maximum Gasteiger partial charge on any atom is 0.426 e. The quantitative estimate of drug-likeness (QED) is 0.00551. The minimum Gasteiger partial charge on any atom is -0.450 e. The van der Waals surface area contributed by atoms with Crippen molar-refractivity contribution in [2.24, 2.45) is 16.5 Å². The normalized spacial score (nSPS) is 15.2. The van der Waals surface area contributed by atoms with E-state index in [9.17, 15) is 14.2 Å². The molecule has 2 amide bonds. The van der Waals surface area contributed by atoms with Crippen molar-refractivity contribution >= 4 is 48.3 Å². The number of aliphatic imine (C=N–C) groups is 1. The fourth-order valence-electron chi connectivity index (χ4n) is 9.91. The molecule has 18 nitrogen and oxygen atoms in total. The van der Waals surface area contributed by atoms with Gasteiger partial charge in [0.1, 0.15) is 12.8 Å². The van der Waals surface area contributed by atoms with Crippen LogP contribution in [-0.4, -0.2) is 75.8 Å². The summed E-state index contributed by atoms with van der Waals surface area (Å²) < 4.78 is 35.1. The molecule has 0 bridgehead atoms. The number of hydrogen-bond donors (Lipinski definition) is 4. The number of ether oxygens (including phenoxy) is 1. The third kappa shape index (κ3) is 15.1. The zero-order valence-electron chi connectivity index (χ0n) is 46.1. The Morgan fingerprint density at radius 2 is 1.43 bits per heavy atom. The molecule has 418 valence electrons. The SMILES string of the molecule is C[N+]1=C(/C=C/C=C/C=C2/N(CCCCCC(=O)NCCn3cc(CCCOC(=O)NC(Cc4ccc(N=C(N)N)cc4)P(=O)(OOc4ccccc4)OOc4ccccc4)nn3)c3ccccc3C2(C)C)C(C)(C)c2ccccc21. The molecule has 0 spiro atoms. The smallest absolute Gasteiger partial charge is 0.426 e. The van der Waals surface area contributed by atoms with Crippen molar-refractivity contribution in [1.82, 2.24) is 25.6 Å². The second-order valence-corrected chi connectivity index (χ2v) is 22.6. The van der Waals surface area contributed by atoms with Gasteiger partial charge in [-0.2, -0.15) is 4.58 Å². The fraction of sp³-hybridized carbons (Fsp3) is 0.311. The number of aromatic nitrogens is 3. The molecule has 0 fully saturated rings. The predicted molar refractivity (Wildman–Crippen MR) is 311 cm³/mol. The highest BCUT2D eigenvalue weighted by Crippen LogP contribution is 2.54. The van der Waals surface area contributed by atoms with Gasteiger partial charge < -0.3 is 41.5 Å². The van der Waals surface area contributed by atoms with E-state index in [2.05, 4.69) is 149 Å². The number of anilines is 1. The zero-order chi connectivity index (χ0) is 56.5. The minimum absolute atomic E-state index is 0.00803. The average Bonchev–Trinajstić information content (AvgIpc) is 4.19. The molecule has 3 heterocycles. The van der Waals surface area contributed by atoms with E-state index in [-0.39, 0.29) is 47.2 Å². The summed E-state index contributed by atoms with van der Waals surface area (Å²) in [6, 6.07) is 40.7. The zero-order valence-corrected chi connectivity index (χ0v) is 47.0. The summed E-state index contributed by atoms with van der Waals surface area (Å²) in [6.45, 7) is 10.8. The van der Waals surface area contributed by atoms with Gasteiger partial charge >= 0.3 is 13.7 Å². The summed E-state index contributed by atoms with van der Waals surface area (Å²) in [5.41, 5.74) is 20.3. The van der Waals surface area contributed by atoms with E-state index >= 15 is 0 Å². The van der Waals surface area contributed by atoms with Crippen LogP contribution in [0.3, 0.4) is 0 Å². The Hall–Kier alpha value is -8.31. The molecule has 2 aliphatic heterocycles. The summed E-state index contributed by atoms with van der Waals surface area (Å²) in [6.07, 6.45) is 15.6. The molecule has 1 unspecified atom stereocenters. The Bertz CT molecular complexity index is 3210. The lowest BCUT2D eigenvalue weighted by atomic mass is 9.81. The number of carbonyl (C=O) groups excluding carboxylic acids is 2. The number of fused-ring (bicyclic) bond motifs is 2. The number of hydrogen-bond acceptors (Lipinski definition) is 12. The van der Waals surface area contributed by atoms with Gasteiger partial charge in [0.05, 0.1) is 29.9 Å². The van der Waals surface area contributed by atoms with Gasteiger partial charge in [0.15, 0.2) is 23.2 Å². The minimum atomic E-state index is -4.54. The van der Waals surface area contributed by atoms with Crippen LogP contribution >= 0.6 is 7.60 Å². The summed E-state index contributed by atoms with van der Waals surface area (Å²) in [7, 11) is -2.40. The van der Waals surface area contributed by atoms with E-state index in [0.29, 0.717) is 49.3 Å². The van der Waals surface area contributed by atoms with Gasteiger partial charge in [0.2, 0.25) is 11.6 Å². The molecule has 0 radical (unpaired) electrons. The maximum absolute atomic E-state index is 14.6.